The Balaban J connectivity index is 1.41. The topological polar surface area (TPSA) is 79.0 Å². The number of sulfone groups is 1. The van der Waals surface area contributed by atoms with Gasteiger partial charge in [0.1, 0.15) is 0 Å². The lowest BCUT2D eigenvalue weighted by Gasteiger charge is -2.16. The number of nitrogens with zero attached hydrogens (tertiary/aromatic N) is 4. The van der Waals surface area contributed by atoms with E-state index < -0.39 is 9.84 Å². The SMILES string of the molecule is Cc1c(CN2CC[C@@H](CS(=O)(=O)c3cccc(C#N)c3)C2)cnn1-c1ccccc1. The highest BCUT2D eigenvalue weighted by Gasteiger charge is 2.29. The molecule has 3 aromatic rings. The predicted octanol–water partition coefficient (Wildman–Crippen LogP) is 3.35. The van der Waals surface area contributed by atoms with Gasteiger partial charge in [-0.05, 0) is 56.1 Å². The summed E-state index contributed by atoms with van der Waals surface area (Å²) in [6.45, 7) is 4.44. The zero-order valence-electron chi connectivity index (χ0n) is 16.9. The van der Waals surface area contributed by atoms with E-state index in [0.29, 0.717) is 5.56 Å². The molecule has 1 saturated heterocycles. The first-order valence-corrected chi connectivity index (χ1v) is 11.7. The molecule has 2 aromatic carbocycles. The highest BCUT2D eigenvalue weighted by molar-refractivity contribution is 7.91. The van der Waals surface area contributed by atoms with E-state index in [-0.39, 0.29) is 16.6 Å². The van der Waals surface area contributed by atoms with Crippen molar-refractivity contribution in [3.05, 3.63) is 77.6 Å². The quantitative estimate of drug-likeness (QED) is 0.611. The highest BCUT2D eigenvalue weighted by atomic mass is 32.2. The molecule has 0 bridgehead atoms. The first-order valence-electron chi connectivity index (χ1n) is 10.0. The van der Waals surface area contributed by atoms with Crippen LogP contribution in [0.25, 0.3) is 5.69 Å². The van der Waals surface area contributed by atoms with Crippen molar-refractivity contribution in [2.75, 3.05) is 18.8 Å². The third-order valence-electron chi connectivity index (χ3n) is 5.65. The Labute approximate surface area is 177 Å². The van der Waals surface area contributed by atoms with Crippen molar-refractivity contribution < 1.29 is 8.42 Å². The summed E-state index contributed by atoms with van der Waals surface area (Å²) in [5.74, 6) is 0.200. The van der Waals surface area contributed by atoms with Crippen LogP contribution >= 0.6 is 0 Å². The number of aromatic nitrogens is 2. The molecule has 0 aliphatic carbocycles. The molecule has 0 N–H and O–H groups in total. The second-order valence-corrected chi connectivity index (χ2v) is 9.85. The molecular formula is C23H24N4O2S. The number of para-hydroxylation sites is 1. The summed E-state index contributed by atoms with van der Waals surface area (Å²) in [4.78, 5) is 2.53. The standard InChI is InChI=1S/C23H24N4O2S/c1-18-21(14-25-27(18)22-7-3-2-4-8-22)16-26-11-10-20(15-26)17-30(28,29)23-9-5-6-19(12-23)13-24/h2-9,12,14,20H,10-11,15-17H2,1H3/t20-/m1/s1. The number of hydrogen-bond donors (Lipinski definition) is 0. The lowest BCUT2D eigenvalue weighted by Crippen LogP contribution is -2.23. The molecule has 6 nitrogen and oxygen atoms in total. The molecule has 0 amide bonds. The number of hydrogen-bond acceptors (Lipinski definition) is 5. The van der Waals surface area contributed by atoms with Gasteiger partial charge in [0, 0.05) is 24.3 Å². The summed E-state index contributed by atoms with van der Waals surface area (Å²) in [6.07, 6.45) is 2.75. The van der Waals surface area contributed by atoms with Gasteiger partial charge in [0.15, 0.2) is 9.84 Å². The fourth-order valence-electron chi connectivity index (χ4n) is 4.03. The van der Waals surface area contributed by atoms with Gasteiger partial charge in [0.2, 0.25) is 0 Å². The molecule has 1 aliphatic heterocycles. The van der Waals surface area contributed by atoms with Crippen LogP contribution in [0, 0.1) is 24.2 Å². The van der Waals surface area contributed by atoms with Crippen LogP contribution in [-0.2, 0) is 16.4 Å². The molecule has 4 rings (SSSR count). The van der Waals surface area contributed by atoms with Gasteiger partial charge >= 0.3 is 0 Å². The largest absolute Gasteiger partial charge is 0.299 e. The van der Waals surface area contributed by atoms with Crippen molar-refractivity contribution in [1.29, 1.82) is 5.26 Å². The minimum absolute atomic E-state index is 0.0882. The van der Waals surface area contributed by atoms with Crippen LogP contribution in [0.2, 0.25) is 0 Å². The van der Waals surface area contributed by atoms with Gasteiger partial charge in [-0.1, -0.05) is 24.3 Å². The molecule has 7 heteroatoms. The monoisotopic (exact) mass is 420 g/mol. The Morgan fingerprint density at radius 2 is 1.97 bits per heavy atom. The minimum Gasteiger partial charge on any atom is -0.299 e. The molecule has 1 fully saturated rings. The fourth-order valence-corrected chi connectivity index (χ4v) is 5.70. The Bertz CT molecular complexity index is 1180. The van der Waals surface area contributed by atoms with E-state index in [0.717, 1.165) is 43.0 Å². The smallest absolute Gasteiger partial charge is 0.178 e. The predicted molar refractivity (Wildman–Crippen MR) is 115 cm³/mol. The molecule has 1 aromatic heterocycles. The van der Waals surface area contributed by atoms with E-state index in [1.807, 2.05) is 47.3 Å². The first kappa shape index (κ1) is 20.3. The second kappa shape index (κ2) is 8.42. The fraction of sp³-hybridized carbons (Fsp3) is 0.304. The summed E-state index contributed by atoms with van der Waals surface area (Å²) in [5.41, 5.74) is 3.66. The average Bonchev–Trinajstić information content (AvgIpc) is 3.35. The Morgan fingerprint density at radius 1 is 1.17 bits per heavy atom. The average molecular weight is 421 g/mol. The van der Waals surface area contributed by atoms with Crippen LogP contribution in [0.1, 0.15) is 23.2 Å². The highest BCUT2D eigenvalue weighted by Crippen LogP contribution is 2.25. The maximum Gasteiger partial charge on any atom is 0.178 e. The molecule has 0 unspecified atom stereocenters. The van der Waals surface area contributed by atoms with E-state index >= 15 is 0 Å². The molecule has 0 radical (unpaired) electrons. The summed E-state index contributed by atoms with van der Waals surface area (Å²) in [5, 5.41) is 13.6. The van der Waals surface area contributed by atoms with Crippen molar-refractivity contribution in [3.63, 3.8) is 0 Å². The Morgan fingerprint density at radius 3 is 2.73 bits per heavy atom. The van der Waals surface area contributed by atoms with Crippen molar-refractivity contribution in [3.8, 4) is 11.8 Å². The van der Waals surface area contributed by atoms with E-state index in [4.69, 9.17) is 5.26 Å². The van der Waals surface area contributed by atoms with Gasteiger partial charge in [-0.3, -0.25) is 4.90 Å². The van der Waals surface area contributed by atoms with Crippen LogP contribution in [0.4, 0.5) is 0 Å². The molecule has 2 heterocycles. The number of likely N-dealkylation sites (tertiary alicyclic amines) is 1. The Hall–Kier alpha value is -2.95. The molecule has 0 saturated carbocycles. The molecule has 1 atom stereocenters. The molecular weight excluding hydrogens is 396 g/mol. The van der Waals surface area contributed by atoms with Crippen LogP contribution in [0.15, 0.2) is 65.7 Å². The van der Waals surface area contributed by atoms with E-state index in [1.165, 1.54) is 6.07 Å². The maximum atomic E-state index is 12.8. The van der Waals surface area contributed by atoms with Crippen LogP contribution in [-0.4, -0.2) is 41.9 Å². The summed E-state index contributed by atoms with van der Waals surface area (Å²) >= 11 is 0. The van der Waals surface area contributed by atoms with E-state index in [2.05, 4.69) is 16.9 Å². The Kier molecular flexibility index (Phi) is 5.71. The van der Waals surface area contributed by atoms with E-state index in [9.17, 15) is 8.42 Å². The van der Waals surface area contributed by atoms with Gasteiger partial charge in [-0.15, -0.1) is 0 Å². The minimum atomic E-state index is -3.41. The summed E-state index contributed by atoms with van der Waals surface area (Å²) in [6, 6.07) is 18.3. The van der Waals surface area contributed by atoms with Crippen LogP contribution < -0.4 is 0 Å². The van der Waals surface area contributed by atoms with Gasteiger partial charge in [-0.25, -0.2) is 13.1 Å². The molecule has 30 heavy (non-hydrogen) atoms. The van der Waals surface area contributed by atoms with Crippen molar-refractivity contribution in [2.24, 2.45) is 5.92 Å². The van der Waals surface area contributed by atoms with Gasteiger partial charge in [0.05, 0.1) is 34.2 Å². The first-order chi connectivity index (χ1) is 14.5. The lowest BCUT2D eigenvalue weighted by molar-refractivity contribution is 0.320. The number of nitriles is 1. The maximum absolute atomic E-state index is 12.8. The summed E-state index contributed by atoms with van der Waals surface area (Å²) in [7, 11) is -3.41. The van der Waals surface area contributed by atoms with E-state index in [1.54, 1.807) is 18.2 Å². The normalized spacial score (nSPS) is 17.1. The second-order valence-electron chi connectivity index (χ2n) is 7.81. The van der Waals surface area contributed by atoms with Crippen LogP contribution in [0.5, 0.6) is 0 Å². The van der Waals surface area contributed by atoms with Gasteiger partial charge in [0.25, 0.3) is 0 Å². The van der Waals surface area contributed by atoms with Crippen molar-refractivity contribution in [1.82, 2.24) is 14.7 Å². The van der Waals surface area contributed by atoms with Crippen molar-refractivity contribution >= 4 is 9.84 Å². The van der Waals surface area contributed by atoms with Crippen LogP contribution in [0.3, 0.4) is 0 Å². The van der Waals surface area contributed by atoms with Gasteiger partial charge in [-0.2, -0.15) is 10.4 Å². The molecule has 0 spiro atoms. The third-order valence-corrected chi connectivity index (χ3v) is 7.54. The lowest BCUT2D eigenvalue weighted by atomic mass is 10.2. The zero-order valence-corrected chi connectivity index (χ0v) is 17.7. The third kappa shape index (κ3) is 4.30. The van der Waals surface area contributed by atoms with Gasteiger partial charge < -0.3 is 0 Å². The molecule has 1 aliphatic rings. The number of benzene rings is 2. The zero-order chi connectivity index (χ0) is 21.1. The molecule has 154 valence electrons. The number of rotatable bonds is 6. The summed E-state index contributed by atoms with van der Waals surface area (Å²) < 4.78 is 27.5. The van der Waals surface area contributed by atoms with Crippen molar-refractivity contribution in [2.45, 2.75) is 24.8 Å².